The number of hydrogen-bond acceptors (Lipinski definition) is 2. The molecular weight excluding hydrogens is 166 g/mol. The summed E-state index contributed by atoms with van der Waals surface area (Å²) in [6.45, 7) is 4.77. The number of hydrogen-bond donors (Lipinski definition) is 0. The minimum absolute atomic E-state index is 0.0940. The lowest BCUT2D eigenvalue weighted by molar-refractivity contribution is -0.143. The second-order valence-corrected chi connectivity index (χ2v) is 4.56. The zero-order valence-electron chi connectivity index (χ0n) is 8.17. The molecule has 0 atom stereocenters. The fourth-order valence-corrected chi connectivity index (χ4v) is 2.13. The van der Waals surface area contributed by atoms with Crippen LogP contribution in [0.2, 0.25) is 0 Å². The molecule has 0 spiro atoms. The minimum Gasteiger partial charge on any atom is -0.330 e. The molecule has 1 saturated carbocycles. The van der Waals surface area contributed by atoms with E-state index >= 15 is 0 Å². The van der Waals surface area contributed by atoms with Gasteiger partial charge in [0.15, 0.2) is 0 Å². The standard InChI is InChI=1S/C10H15NO2/c1-10(2,7-3-4-7)11-6-5-8(12)9(11)13/h7H,3-6H2,1-2H3. The number of carbonyl (C=O) groups is 2. The molecule has 2 rings (SSSR count). The third kappa shape index (κ3) is 1.26. The third-order valence-corrected chi connectivity index (χ3v) is 3.32. The maximum Gasteiger partial charge on any atom is 0.290 e. The Labute approximate surface area is 78.1 Å². The molecule has 1 amide bonds. The zero-order valence-corrected chi connectivity index (χ0v) is 8.17. The Morgan fingerprint density at radius 2 is 1.92 bits per heavy atom. The maximum absolute atomic E-state index is 11.5. The van der Waals surface area contributed by atoms with Crippen LogP contribution in [0.15, 0.2) is 0 Å². The molecule has 0 radical (unpaired) electrons. The van der Waals surface area contributed by atoms with Crippen molar-refractivity contribution in [3.8, 4) is 0 Å². The molecule has 0 bridgehead atoms. The highest BCUT2D eigenvalue weighted by Gasteiger charge is 2.47. The van der Waals surface area contributed by atoms with Gasteiger partial charge in [-0.2, -0.15) is 0 Å². The van der Waals surface area contributed by atoms with Gasteiger partial charge in [0, 0.05) is 18.5 Å². The van der Waals surface area contributed by atoms with Crippen molar-refractivity contribution in [2.45, 2.75) is 38.6 Å². The first kappa shape index (κ1) is 8.73. The maximum atomic E-state index is 11.5. The van der Waals surface area contributed by atoms with Crippen LogP contribution >= 0.6 is 0 Å². The second kappa shape index (κ2) is 2.56. The molecule has 0 N–H and O–H groups in total. The van der Waals surface area contributed by atoms with Crippen LogP contribution < -0.4 is 0 Å². The highest BCUT2D eigenvalue weighted by atomic mass is 16.2. The quantitative estimate of drug-likeness (QED) is 0.595. The average molecular weight is 181 g/mol. The van der Waals surface area contributed by atoms with E-state index < -0.39 is 0 Å². The molecule has 0 aromatic carbocycles. The summed E-state index contributed by atoms with van der Waals surface area (Å²) in [5.41, 5.74) is -0.0940. The molecule has 3 heteroatoms. The predicted octanol–water partition coefficient (Wildman–Crippen LogP) is 0.976. The van der Waals surface area contributed by atoms with Gasteiger partial charge in [-0.25, -0.2) is 0 Å². The molecular formula is C10H15NO2. The summed E-state index contributed by atoms with van der Waals surface area (Å²) >= 11 is 0. The van der Waals surface area contributed by atoms with E-state index in [1.807, 2.05) is 0 Å². The van der Waals surface area contributed by atoms with Gasteiger partial charge in [-0.15, -0.1) is 0 Å². The van der Waals surface area contributed by atoms with Gasteiger partial charge in [0.2, 0.25) is 5.78 Å². The van der Waals surface area contributed by atoms with Crippen molar-refractivity contribution in [3.63, 3.8) is 0 Å². The SMILES string of the molecule is CC(C)(C1CC1)N1CCC(=O)C1=O. The summed E-state index contributed by atoms with van der Waals surface area (Å²) < 4.78 is 0. The van der Waals surface area contributed by atoms with Crippen LogP contribution in [0, 0.1) is 5.92 Å². The molecule has 2 aliphatic rings. The lowest BCUT2D eigenvalue weighted by Gasteiger charge is -2.35. The van der Waals surface area contributed by atoms with Crippen LogP contribution in [0.5, 0.6) is 0 Å². The topological polar surface area (TPSA) is 37.4 Å². The van der Waals surface area contributed by atoms with E-state index in [0.717, 1.165) is 0 Å². The van der Waals surface area contributed by atoms with Crippen molar-refractivity contribution in [2.24, 2.45) is 5.92 Å². The van der Waals surface area contributed by atoms with Gasteiger partial charge in [-0.3, -0.25) is 9.59 Å². The number of ketones is 1. The van der Waals surface area contributed by atoms with E-state index in [-0.39, 0.29) is 17.2 Å². The Morgan fingerprint density at radius 3 is 2.31 bits per heavy atom. The van der Waals surface area contributed by atoms with Crippen LogP contribution in [0.1, 0.15) is 33.1 Å². The van der Waals surface area contributed by atoms with Gasteiger partial charge in [-0.1, -0.05) is 0 Å². The first-order valence-electron chi connectivity index (χ1n) is 4.88. The molecule has 13 heavy (non-hydrogen) atoms. The number of likely N-dealkylation sites (tertiary alicyclic amines) is 1. The molecule has 0 unspecified atom stereocenters. The number of rotatable bonds is 2. The largest absolute Gasteiger partial charge is 0.330 e. The van der Waals surface area contributed by atoms with Crippen LogP contribution in [-0.2, 0) is 9.59 Å². The number of amides is 1. The van der Waals surface area contributed by atoms with E-state index in [1.54, 1.807) is 4.90 Å². The van der Waals surface area contributed by atoms with Crippen molar-refractivity contribution in [3.05, 3.63) is 0 Å². The number of carbonyl (C=O) groups excluding carboxylic acids is 2. The molecule has 72 valence electrons. The highest BCUT2D eigenvalue weighted by molar-refractivity contribution is 6.38. The Kier molecular flexibility index (Phi) is 1.72. The Morgan fingerprint density at radius 1 is 1.31 bits per heavy atom. The zero-order chi connectivity index (χ0) is 9.64. The monoisotopic (exact) mass is 181 g/mol. The third-order valence-electron chi connectivity index (χ3n) is 3.32. The van der Waals surface area contributed by atoms with Gasteiger partial charge >= 0.3 is 0 Å². The first-order valence-corrected chi connectivity index (χ1v) is 4.88. The van der Waals surface area contributed by atoms with Crippen LogP contribution in [0.4, 0.5) is 0 Å². The second-order valence-electron chi connectivity index (χ2n) is 4.56. The molecule has 1 aliphatic heterocycles. The van der Waals surface area contributed by atoms with Gasteiger partial charge < -0.3 is 4.90 Å². The summed E-state index contributed by atoms with van der Waals surface area (Å²) in [6.07, 6.45) is 2.81. The Hall–Kier alpha value is -0.860. The summed E-state index contributed by atoms with van der Waals surface area (Å²) in [4.78, 5) is 24.3. The average Bonchev–Trinajstić information content (AvgIpc) is 2.82. The molecule has 1 aliphatic carbocycles. The van der Waals surface area contributed by atoms with Gasteiger partial charge in [0.05, 0.1) is 0 Å². The molecule has 1 heterocycles. The normalized spacial score (nSPS) is 24.3. The summed E-state index contributed by atoms with van der Waals surface area (Å²) in [7, 11) is 0. The van der Waals surface area contributed by atoms with E-state index in [1.165, 1.54) is 12.8 Å². The van der Waals surface area contributed by atoms with Gasteiger partial charge in [-0.05, 0) is 32.6 Å². The van der Waals surface area contributed by atoms with Crippen LogP contribution in [0.3, 0.4) is 0 Å². The Balaban J connectivity index is 2.16. The molecule has 2 fully saturated rings. The lowest BCUT2D eigenvalue weighted by Crippen LogP contribution is -2.47. The van der Waals surface area contributed by atoms with E-state index in [4.69, 9.17) is 0 Å². The molecule has 1 saturated heterocycles. The number of nitrogens with zero attached hydrogens (tertiary/aromatic N) is 1. The van der Waals surface area contributed by atoms with Gasteiger partial charge in [0.25, 0.3) is 5.91 Å². The summed E-state index contributed by atoms with van der Waals surface area (Å²) in [6, 6.07) is 0. The smallest absolute Gasteiger partial charge is 0.290 e. The summed E-state index contributed by atoms with van der Waals surface area (Å²) in [5, 5.41) is 0. The fraction of sp³-hybridized carbons (Fsp3) is 0.800. The van der Waals surface area contributed by atoms with Crippen LogP contribution in [0.25, 0.3) is 0 Å². The lowest BCUT2D eigenvalue weighted by atomic mass is 9.96. The molecule has 0 aromatic rings. The van der Waals surface area contributed by atoms with Crippen LogP contribution in [-0.4, -0.2) is 28.7 Å². The van der Waals surface area contributed by atoms with Crippen molar-refractivity contribution < 1.29 is 9.59 Å². The highest BCUT2D eigenvalue weighted by Crippen LogP contribution is 2.43. The molecule has 3 nitrogen and oxygen atoms in total. The minimum atomic E-state index is -0.267. The first-order chi connectivity index (χ1) is 6.03. The van der Waals surface area contributed by atoms with Crippen molar-refractivity contribution in [1.29, 1.82) is 0 Å². The van der Waals surface area contributed by atoms with Gasteiger partial charge in [0.1, 0.15) is 0 Å². The Bertz CT molecular complexity index is 266. The predicted molar refractivity (Wildman–Crippen MR) is 48.1 cm³/mol. The van der Waals surface area contributed by atoms with Crippen molar-refractivity contribution >= 4 is 11.7 Å². The van der Waals surface area contributed by atoms with E-state index in [2.05, 4.69) is 13.8 Å². The van der Waals surface area contributed by atoms with Crippen molar-refractivity contribution in [2.75, 3.05) is 6.54 Å². The summed E-state index contributed by atoms with van der Waals surface area (Å²) in [5.74, 6) is 0.132. The fourth-order valence-electron chi connectivity index (χ4n) is 2.13. The molecule has 0 aromatic heterocycles. The van der Waals surface area contributed by atoms with E-state index in [9.17, 15) is 9.59 Å². The van der Waals surface area contributed by atoms with Crippen molar-refractivity contribution in [1.82, 2.24) is 4.90 Å². The van der Waals surface area contributed by atoms with E-state index in [0.29, 0.717) is 18.9 Å². The number of Topliss-reactive ketones (excluding diaryl/α,β-unsaturated/α-hetero) is 1.